The molecule has 2 rings (SSSR count). The third-order valence-corrected chi connectivity index (χ3v) is 3.52. The van der Waals surface area contributed by atoms with Gasteiger partial charge in [-0.3, -0.25) is 14.9 Å². The first-order valence-electron chi connectivity index (χ1n) is 6.61. The number of rotatable bonds is 3. The molecule has 0 saturated carbocycles. The zero-order valence-electron chi connectivity index (χ0n) is 11.6. The predicted molar refractivity (Wildman–Crippen MR) is 75.5 cm³/mol. The number of nitrogens with one attached hydrogen (secondary N) is 1. The molecule has 0 aliphatic carbocycles. The van der Waals surface area contributed by atoms with E-state index in [2.05, 4.69) is 10.2 Å². The summed E-state index contributed by atoms with van der Waals surface area (Å²) >= 11 is 0. The van der Waals surface area contributed by atoms with E-state index < -0.39 is 22.3 Å². The lowest BCUT2D eigenvalue weighted by atomic mass is 10.0. The Morgan fingerprint density at radius 3 is 2.90 bits per heavy atom. The Hall–Kier alpha value is -2.22. The zero-order valence-corrected chi connectivity index (χ0v) is 11.6. The lowest BCUT2D eigenvalue weighted by Gasteiger charge is -2.30. The summed E-state index contributed by atoms with van der Waals surface area (Å²) in [6.07, 6.45) is 1.75. The van der Waals surface area contributed by atoms with Gasteiger partial charge in [-0.25, -0.2) is 4.39 Å². The number of nitrogens with zero attached hydrogens (tertiary/aromatic N) is 2. The van der Waals surface area contributed by atoms with E-state index >= 15 is 0 Å². The van der Waals surface area contributed by atoms with Crippen molar-refractivity contribution in [2.45, 2.75) is 18.9 Å². The summed E-state index contributed by atoms with van der Waals surface area (Å²) in [7, 11) is 1.94. The molecule has 1 aliphatic rings. The highest BCUT2D eigenvalue weighted by Crippen LogP contribution is 2.24. The molecule has 1 fully saturated rings. The van der Waals surface area contributed by atoms with Crippen LogP contribution in [0.5, 0.6) is 0 Å². The summed E-state index contributed by atoms with van der Waals surface area (Å²) in [5, 5.41) is 13.7. The number of piperidine rings is 1. The van der Waals surface area contributed by atoms with Crippen LogP contribution in [0.1, 0.15) is 23.2 Å². The second-order valence-corrected chi connectivity index (χ2v) is 5.22. The summed E-state index contributed by atoms with van der Waals surface area (Å²) < 4.78 is 13.3. The predicted octanol–water partition coefficient (Wildman–Crippen LogP) is 1.14. The number of likely N-dealkylation sites (tertiary alicyclic amines) is 1. The number of nitrogen functional groups attached to an aromatic ring is 1. The zero-order chi connectivity index (χ0) is 15.6. The van der Waals surface area contributed by atoms with Crippen LogP contribution >= 0.6 is 0 Å². The van der Waals surface area contributed by atoms with Crippen LogP contribution in [0.2, 0.25) is 0 Å². The molecule has 1 heterocycles. The van der Waals surface area contributed by atoms with Crippen molar-refractivity contribution in [3.63, 3.8) is 0 Å². The van der Waals surface area contributed by atoms with Gasteiger partial charge >= 0.3 is 0 Å². The molecule has 1 atom stereocenters. The molecule has 0 radical (unpaired) electrons. The van der Waals surface area contributed by atoms with Crippen LogP contribution in [0.15, 0.2) is 12.1 Å². The number of carbonyl (C=O) groups is 1. The van der Waals surface area contributed by atoms with E-state index in [9.17, 15) is 19.3 Å². The maximum absolute atomic E-state index is 13.3. The number of halogens is 1. The quantitative estimate of drug-likeness (QED) is 0.495. The maximum Gasteiger partial charge on any atom is 0.285 e. The summed E-state index contributed by atoms with van der Waals surface area (Å²) in [4.78, 5) is 24.4. The molecule has 1 unspecified atom stereocenters. The van der Waals surface area contributed by atoms with Gasteiger partial charge in [0.25, 0.3) is 11.6 Å². The Balaban J connectivity index is 2.22. The third-order valence-electron chi connectivity index (χ3n) is 3.52. The molecular formula is C13H17FN4O3. The number of hydrogen-bond donors (Lipinski definition) is 2. The highest BCUT2D eigenvalue weighted by atomic mass is 19.1. The summed E-state index contributed by atoms with van der Waals surface area (Å²) in [5.41, 5.74) is 4.32. The largest absolute Gasteiger partial charge is 0.396 e. The molecule has 7 nitrogen and oxygen atoms in total. The Bertz CT molecular complexity index is 579. The Morgan fingerprint density at radius 1 is 1.57 bits per heavy atom. The lowest BCUT2D eigenvalue weighted by molar-refractivity contribution is -0.385. The number of hydrogen-bond acceptors (Lipinski definition) is 5. The average molecular weight is 296 g/mol. The monoisotopic (exact) mass is 296 g/mol. The number of carbonyl (C=O) groups excluding carboxylic acids is 1. The maximum atomic E-state index is 13.3. The number of nitrogens with two attached hydrogens (primary N) is 1. The number of nitro benzene ring substituents is 1. The first-order chi connectivity index (χ1) is 9.88. The Labute approximate surface area is 121 Å². The average Bonchev–Trinajstić information content (AvgIpc) is 2.41. The van der Waals surface area contributed by atoms with E-state index in [-0.39, 0.29) is 17.3 Å². The highest BCUT2D eigenvalue weighted by molar-refractivity contribution is 5.99. The minimum absolute atomic E-state index is 0.0814. The molecular weight excluding hydrogens is 279 g/mol. The molecule has 8 heteroatoms. The van der Waals surface area contributed by atoms with E-state index in [0.29, 0.717) is 12.6 Å². The molecule has 1 aromatic rings. The van der Waals surface area contributed by atoms with Gasteiger partial charge < -0.3 is 16.0 Å². The second kappa shape index (κ2) is 6.04. The standard InChI is InChI=1S/C13H17FN4O3/c1-17-4-2-3-8(7-17)16-13(19)9-5-11(15)10(14)6-12(9)18(20)21/h5-6,8H,2-4,7,15H2,1H3,(H,16,19). The smallest absolute Gasteiger partial charge is 0.285 e. The van der Waals surface area contributed by atoms with Crippen LogP contribution in [0, 0.1) is 15.9 Å². The van der Waals surface area contributed by atoms with Crippen molar-refractivity contribution in [3.8, 4) is 0 Å². The molecule has 1 aliphatic heterocycles. The van der Waals surface area contributed by atoms with E-state index in [1.165, 1.54) is 0 Å². The van der Waals surface area contributed by atoms with E-state index in [0.717, 1.165) is 25.5 Å². The summed E-state index contributed by atoms with van der Waals surface area (Å²) in [6.45, 7) is 1.63. The van der Waals surface area contributed by atoms with Crippen LogP contribution in [0.25, 0.3) is 0 Å². The third kappa shape index (κ3) is 3.46. The Morgan fingerprint density at radius 2 is 2.29 bits per heavy atom. The number of likely N-dealkylation sites (N-methyl/N-ethyl adjacent to an activating group) is 1. The number of amides is 1. The van der Waals surface area contributed by atoms with Crippen molar-refractivity contribution in [1.82, 2.24) is 10.2 Å². The molecule has 0 aromatic heterocycles. The minimum atomic E-state index is -0.907. The fraction of sp³-hybridized carbons (Fsp3) is 0.462. The molecule has 1 aromatic carbocycles. The van der Waals surface area contributed by atoms with Crippen molar-refractivity contribution in [2.24, 2.45) is 0 Å². The molecule has 3 N–H and O–H groups in total. The fourth-order valence-corrected chi connectivity index (χ4v) is 2.46. The van der Waals surface area contributed by atoms with Gasteiger partial charge in [-0.05, 0) is 32.5 Å². The van der Waals surface area contributed by atoms with Crippen molar-refractivity contribution in [2.75, 3.05) is 25.9 Å². The van der Waals surface area contributed by atoms with Crippen molar-refractivity contribution in [3.05, 3.63) is 33.6 Å². The molecule has 0 spiro atoms. The van der Waals surface area contributed by atoms with Gasteiger partial charge in [-0.15, -0.1) is 0 Å². The molecule has 0 bridgehead atoms. The van der Waals surface area contributed by atoms with E-state index in [1.807, 2.05) is 7.05 Å². The van der Waals surface area contributed by atoms with Gasteiger partial charge in [-0.2, -0.15) is 0 Å². The minimum Gasteiger partial charge on any atom is -0.396 e. The van der Waals surface area contributed by atoms with Crippen LogP contribution in [0.4, 0.5) is 15.8 Å². The van der Waals surface area contributed by atoms with Crippen molar-refractivity contribution < 1.29 is 14.1 Å². The molecule has 114 valence electrons. The number of benzene rings is 1. The van der Waals surface area contributed by atoms with Gasteiger partial charge in [-0.1, -0.05) is 0 Å². The topological polar surface area (TPSA) is 102 Å². The van der Waals surface area contributed by atoms with Gasteiger partial charge in [0.05, 0.1) is 16.7 Å². The summed E-state index contributed by atoms with van der Waals surface area (Å²) in [6, 6.07) is 1.61. The summed E-state index contributed by atoms with van der Waals surface area (Å²) in [5.74, 6) is -1.51. The molecule has 1 amide bonds. The van der Waals surface area contributed by atoms with Gasteiger partial charge in [0, 0.05) is 12.6 Å². The van der Waals surface area contributed by atoms with Crippen LogP contribution in [0.3, 0.4) is 0 Å². The van der Waals surface area contributed by atoms with Crippen LogP contribution < -0.4 is 11.1 Å². The number of nitro groups is 1. The first kappa shape index (κ1) is 15.2. The van der Waals surface area contributed by atoms with Crippen molar-refractivity contribution >= 4 is 17.3 Å². The lowest BCUT2D eigenvalue weighted by Crippen LogP contribution is -2.46. The van der Waals surface area contributed by atoms with Gasteiger partial charge in [0.1, 0.15) is 5.56 Å². The second-order valence-electron chi connectivity index (χ2n) is 5.22. The van der Waals surface area contributed by atoms with E-state index in [1.54, 1.807) is 0 Å². The normalized spacial score (nSPS) is 19.2. The van der Waals surface area contributed by atoms with Gasteiger partial charge in [0.2, 0.25) is 0 Å². The first-order valence-corrected chi connectivity index (χ1v) is 6.61. The van der Waals surface area contributed by atoms with E-state index in [4.69, 9.17) is 5.73 Å². The SMILES string of the molecule is CN1CCCC(NC(=O)c2cc(N)c(F)cc2[N+](=O)[O-])C1. The fourth-order valence-electron chi connectivity index (χ4n) is 2.46. The van der Waals surface area contributed by atoms with Crippen LogP contribution in [-0.2, 0) is 0 Å². The Kier molecular flexibility index (Phi) is 4.37. The highest BCUT2D eigenvalue weighted by Gasteiger charge is 2.26. The van der Waals surface area contributed by atoms with Gasteiger partial charge in [0.15, 0.2) is 5.82 Å². The van der Waals surface area contributed by atoms with Crippen LogP contribution in [-0.4, -0.2) is 41.9 Å². The van der Waals surface area contributed by atoms with Crippen molar-refractivity contribution in [1.29, 1.82) is 0 Å². The molecule has 1 saturated heterocycles. The number of anilines is 1. The molecule has 21 heavy (non-hydrogen) atoms.